The Morgan fingerprint density at radius 3 is 2.78 bits per heavy atom. The second kappa shape index (κ2) is 7.33. The van der Waals surface area contributed by atoms with Gasteiger partial charge < -0.3 is 4.74 Å². The standard InChI is InChI=1S/C16H14N8O2S/c1-10(26-11-5-3-2-4-6-11)12-7-27-16(19-12)21-14(25)13-20-15(23-22-13)24-8-17-18-9-24/h2-10H,1H3,(H,19,21,25)(H,20,22,23). The highest BCUT2D eigenvalue weighted by atomic mass is 32.1. The average Bonchev–Trinajstić information content (AvgIpc) is 3.43. The smallest absolute Gasteiger partial charge is 0.294 e. The van der Waals surface area contributed by atoms with Gasteiger partial charge in [0.2, 0.25) is 5.82 Å². The third kappa shape index (κ3) is 3.82. The second-order valence-electron chi connectivity index (χ2n) is 5.46. The van der Waals surface area contributed by atoms with Gasteiger partial charge in [-0.25, -0.2) is 4.98 Å². The minimum atomic E-state index is -0.445. The van der Waals surface area contributed by atoms with Crippen LogP contribution in [-0.4, -0.2) is 40.8 Å². The Hall–Kier alpha value is -3.60. The normalized spacial score (nSPS) is 11.9. The number of carbonyl (C=O) groups excluding carboxylic acids is 1. The molecule has 2 N–H and O–H groups in total. The van der Waals surface area contributed by atoms with Crippen LogP contribution in [-0.2, 0) is 0 Å². The van der Waals surface area contributed by atoms with E-state index in [1.807, 2.05) is 42.6 Å². The molecule has 0 aliphatic rings. The topological polar surface area (TPSA) is 123 Å². The summed E-state index contributed by atoms with van der Waals surface area (Å²) < 4.78 is 7.32. The minimum Gasteiger partial charge on any atom is -0.484 e. The maximum atomic E-state index is 12.3. The largest absolute Gasteiger partial charge is 0.484 e. The van der Waals surface area contributed by atoms with Gasteiger partial charge in [0.05, 0.1) is 5.69 Å². The van der Waals surface area contributed by atoms with Gasteiger partial charge in [-0.15, -0.1) is 26.6 Å². The summed E-state index contributed by atoms with van der Waals surface area (Å²) in [6.45, 7) is 1.90. The van der Waals surface area contributed by atoms with Crippen molar-refractivity contribution >= 4 is 22.4 Å². The number of rotatable bonds is 6. The summed E-state index contributed by atoms with van der Waals surface area (Å²) in [6.07, 6.45) is 2.62. The number of para-hydroxylation sites is 1. The van der Waals surface area contributed by atoms with Gasteiger partial charge in [-0.3, -0.25) is 19.8 Å². The van der Waals surface area contributed by atoms with Crippen LogP contribution in [0.4, 0.5) is 5.13 Å². The third-order valence-electron chi connectivity index (χ3n) is 3.55. The highest BCUT2D eigenvalue weighted by molar-refractivity contribution is 7.14. The lowest BCUT2D eigenvalue weighted by Crippen LogP contribution is -2.14. The Morgan fingerprint density at radius 2 is 2.00 bits per heavy atom. The van der Waals surface area contributed by atoms with E-state index < -0.39 is 5.91 Å². The lowest BCUT2D eigenvalue weighted by atomic mass is 10.3. The molecular weight excluding hydrogens is 368 g/mol. The number of aromatic nitrogens is 7. The molecule has 3 aromatic heterocycles. The van der Waals surface area contributed by atoms with Crippen molar-refractivity contribution in [2.45, 2.75) is 13.0 Å². The fraction of sp³-hybridized carbons (Fsp3) is 0.125. The molecule has 1 aromatic carbocycles. The van der Waals surface area contributed by atoms with Crippen LogP contribution in [0.3, 0.4) is 0 Å². The summed E-state index contributed by atoms with van der Waals surface area (Å²) >= 11 is 1.31. The van der Waals surface area contributed by atoms with Crippen molar-refractivity contribution < 1.29 is 9.53 Å². The van der Waals surface area contributed by atoms with Crippen LogP contribution >= 0.6 is 11.3 Å². The first kappa shape index (κ1) is 16.8. The highest BCUT2D eigenvalue weighted by Crippen LogP contribution is 2.25. The van der Waals surface area contributed by atoms with E-state index in [1.54, 1.807) is 0 Å². The first-order valence-corrected chi connectivity index (χ1v) is 8.83. The van der Waals surface area contributed by atoms with E-state index in [4.69, 9.17) is 4.74 Å². The zero-order valence-electron chi connectivity index (χ0n) is 14.1. The minimum absolute atomic E-state index is 0.0593. The maximum absolute atomic E-state index is 12.3. The van der Waals surface area contributed by atoms with Crippen LogP contribution in [0.25, 0.3) is 5.95 Å². The number of aromatic amines is 1. The number of hydrogen-bond donors (Lipinski definition) is 2. The van der Waals surface area contributed by atoms with Crippen molar-refractivity contribution in [3.8, 4) is 11.7 Å². The molecule has 4 aromatic rings. The Morgan fingerprint density at radius 1 is 1.22 bits per heavy atom. The van der Waals surface area contributed by atoms with E-state index in [1.165, 1.54) is 28.6 Å². The number of carbonyl (C=O) groups is 1. The van der Waals surface area contributed by atoms with Crippen molar-refractivity contribution in [2.75, 3.05) is 5.32 Å². The van der Waals surface area contributed by atoms with Gasteiger partial charge in [-0.1, -0.05) is 18.2 Å². The lowest BCUT2D eigenvalue weighted by molar-refractivity contribution is 0.101. The molecule has 4 rings (SSSR count). The molecular formula is C16H14N8O2S. The highest BCUT2D eigenvalue weighted by Gasteiger charge is 2.17. The van der Waals surface area contributed by atoms with E-state index in [9.17, 15) is 4.79 Å². The molecule has 3 heterocycles. The van der Waals surface area contributed by atoms with Crippen LogP contribution < -0.4 is 10.1 Å². The van der Waals surface area contributed by atoms with Gasteiger partial charge in [0.1, 0.15) is 24.5 Å². The zero-order chi connectivity index (χ0) is 18.6. The van der Waals surface area contributed by atoms with Crippen molar-refractivity contribution in [1.29, 1.82) is 0 Å². The van der Waals surface area contributed by atoms with Crippen molar-refractivity contribution in [1.82, 2.24) is 34.9 Å². The van der Waals surface area contributed by atoms with Crippen LogP contribution in [0.1, 0.15) is 29.3 Å². The average molecular weight is 382 g/mol. The number of anilines is 1. The molecule has 10 nitrogen and oxygen atoms in total. The molecule has 1 atom stereocenters. The van der Waals surface area contributed by atoms with E-state index in [-0.39, 0.29) is 17.9 Å². The summed E-state index contributed by atoms with van der Waals surface area (Å²) in [6, 6.07) is 9.48. The van der Waals surface area contributed by atoms with E-state index in [0.29, 0.717) is 5.13 Å². The monoisotopic (exact) mass is 382 g/mol. The number of ether oxygens (including phenoxy) is 1. The quantitative estimate of drug-likeness (QED) is 0.524. The molecule has 0 saturated heterocycles. The van der Waals surface area contributed by atoms with Crippen molar-refractivity contribution in [2.24, 2.45) is 0 Å². The van der Waals surface area contributed by atoms with Crippen molar-refractivity contribution in [3.63, 3.8) is 0 Å². The van der Waals surface area contributed by atoms with Crippen LogP contribution in [0.5, 0.6) is 5.75 Å². The van der Waals surface area contributed by atoms with Gasteiger partial charge in [-0.2, -0.15) is 4.98 Å². The van der Waals surface area contributed by atoms with Crippen LogP contribution in [0, 0.1) is 0 Å². The molecule has 11 heteroatoms. The molecule has 1 unspecified atom stereocenters. The first-order valence-electron chi connectivity index (χ1n) is 7.95. The predicted octanol–water partition coefficient (Wildman–Crippen LogP) is 2.23. The van der Waals surface area contributed by atoms with Crippen molar-refractivity contribution in [3.05, 3.63) is 59.9 Å². The van der Waals surface area contributed by atoms with Gasteiger partial charge in [0.15, 0.2) is 5.13 Å². The predicted molar refractivity (Wildman–Crippen MR) is 96.9 cm³/mol. The molecule has 0 spiro atoms. The molecule has 136 valence electrons. The number of thiazole rings is 1. The maximum Gasteiger partial charge on any atom is 0.294 e. The molecule has 0 saturated carbocycles. The molecule has 0 fully saturated rings. The van der Waals surface area contributed by atoms with Gasteiger partial charge in [-0.05, 0) is 19.1 Å². The number of nitrogens with zero attached hydrogens (tertiary/aromatic N) is 6. The van der Waals surface area contributed by atoms with E-state index >= 15 is 0 Å². The summed E-state index contributed by atoms with van der Waals surface area (Å²) in [5.74, 6) is 0.644. The molecule has 0 aliphatic carbocycles. The number of nitrogens with one attached hydrogen (secondary N) is 2. The summed E-state index contributed by atoms with van der Waals surface area (Å²) in [5, 5.41) is 18.8. The fourth-order valence-corrected chi connectivity index (χ4v) is 3.01. The lowest BCUT2D eigenvalue weighted by Gasteiger charge is -2.12. The SMILES string of the molecule is CC(Oc1ccccc1)c1csc(NC(=O)c2nc(-n3cnnc3)n[nH]2)n1. The first-order chi connectivity index (χ1) is 13.2. The Balaban J connectivity index is 1.41. The molecule has 0 radical (unpaired) electrons. The Bertz CT molecular complexity index is 1030. The van der Waals surface area contributed by atoms with Gasteiger partial charge in [0.25, 0.3) is 11.9 Å². The third-order valence-corrected chi connectivity index (χ3v) is 4.33. The molecule has 27 heavy (non-hydrogen) atoms. The number of amides is 1. The molecule has 1 amide bonds. The summed E-state index contributed by atoms with van der Waals surface area (Å²) in [7, 11) is 0. The Kier molecular flexibility index (Phi) is 4.58. The Labute approximate surface area is 157 Å². The number of H-pyrrole nitrogens is 1. The van der Waals surface area contributed by atoms with Crippen LogP contribution in [0.2, 0.25) is 0 Å². The van der Waals surface area contributed by atoms with E-state index in [2.05, 4.69) is 35.7 Å². The zero-order valence-corrected chi connectivity index (χ0v) is 14.9. The molecule has 0 aliphatic heterocycles. The van der Waals surface area contributed by atoms with Gasteiger partial charge in [0, 0.05) is 5.38 Å². The summed E-state index contributed by atoms with van der Waals surface area (Å²) in [4.78, 5) is 20.8. The van der Waals surface area contributed by atoms with Gasteiger partial charge >= 0.3 is 0 Å². The van der Waals surface area contributed by atoms with E-state index in [0.717, 1.165) is 11.4 Å². The summed E-state index contributed by atoms with van der Waals surface area (Å²) in [5.41, 5.74) is 0.724. The second-order valence-corrected chi connectivity index (χ2v) is 6.32. The van der Waals surface area contributed by atoms with Crippen LogP contribution in [0.15, 0.2) is 48.4 Å². The number of benzene rings is 1. The molecule has 0 bridgehead atoms. The number of hydrogen-bond acceptors (Lipinski definition) is 8. The fourth-order valence-electron chi connectivity index (χ4n) is 2.22.